The molecular formula is C59H36N2S2. The maximum absolute atomic E-state index is 2.48. The van der Waals surface area contributed by atoms with Crippen LogP contribution < -0.4 is 4.90 Å². The third kappa shape index (κ3) is 4.91. The molecule has 0 bridgehead atoms. The van der Waals surface area contributed by atoms with E-state index >= 15 is 0 Å². The van der Waals surface area contributed by atoms with E-state index in [-0.39, 0.29) is 0 Å². The molecule has 63 heavy (non-hydrogen) atoms. The van der Waals surface area contributed by atoms with Gasteiger partial charge in [0, 0.05) is 63.5 Å². The molecule has 0 saturated carbocycles. The first kappa shape index (κ1) is 35.2. The van der Waals surface area contributed by atoms with Crippen LogP contribution in [0.1, 0.15) is 22.3 Å². The van der Waals surface area contributed by atoms with E-state index in [9.17, 15) is 0 Å². The Morgan fingerprint density at radius 2 is 1.02 bits per heavy atom. The minimum Gasteiger partial charge on any atom is -0.310 e. The van der Waals surface area contributed by atoms with Crippen molar-refractivity contribution in [2.75, 3.05) is 4.90 Å². The van der Waals surface area contributed by atoms with Gasteiger partial charge >= 0.3 is 0 Å². The van der Waals surface area contributed by atoms with E-state index in [4.69, 9.17) is 0 Å². The maximum atomic E-state index is 2.48. The number of rotatable bonds is 4. The van der Waals surface area contributed by atoms with Crippen molar-refractivity contribution in [3.8, 4) is 16.8 Å². The van der Waals surface area contributed by atoms with E-state index in [1.54, 1.807) is 0 Å². The van der Waals surface area contributed by atoms with Crippen LogP contribution in [0.3, 0.4) is 0 Å². The predicted octanol–water partition coefficient (Wildman–Crippen LogP) is 16.6. The van der Waals surface area contributed by atoms with Gasteiger partial charge in [-0.15, -0.1) is 11.3 Å². The second-order valence-corrected chi connectivity index (χ2v) is 19.0. The van der Waals surface area contributed by atoms with Gasteiger partial charge in [-0.05, 0) is 117 Å². The molecule has 10 aromatic carbocycles. The van der Waals surface area contributed by atoms with Crippen LogP contribution in [0.2, 0.25) is 0 Å². The lowest BCUT2D eigenvalue weighted by molar-refractivity contribution is 0.707. The molecule has 1 spiro atoms. The van der Waals surface area contributed by atoms with Gasteiger partial charge < -0.3 is 9.47 Å². The molecular weight excluding hydrogens is 801 g/mol. The predicted molar refractivity (Wildman–Crippen MR) is 267 cm³/mol. The third-order valence-corrected chi connectivity index (χ3v) is 15.9. The van der Waals surface area contributed by atoms with Gasteiger partial charge in [0.1, 0.15) is 0 Å². The summed E-state index contributed by atoms with van der Waals surface area (Å²) >= 11 is 3.76. The minimum atomic E-state index is -0.505. The molecule has 294 valence electrons. The summed E-state index contributed by atoms with van der Waals surface area (Å²) in [7, 11) is 0. The number of hydrogen-bond acceptors (Lipinski definition) is 3. The molecule has 12 aromatic rings. The summed E-state index contributed by atoms with van der Waals surface area (Å²) in [6, 6.07) is 81.7. The number of hydrogen-bond donors (Lipinski definition) is 0. The molecule has 1 aliphatic carbocycles. The van der Waals surface area contributed by atoms with Crippen LogP contribution in [0.5, 0.6) is 0 Å². The van der Waals surface area contributed by atoms with Crippen molar-refractivity contribution < 1.29 is 0 Å². The van der Waals surface area contributed by atoms with Crippen LogP contribution in [-0.2, 0) is 5.41 Å². The number of aromatic nitrogens is 1. The standard InChI is InChI=1S/C59H36N2S2/c1-2-16-38(17-3-1)61-52-25-9-5-19-43(52)44-31-28-40(35-53(44)61)60(39-30-33-55-47(34-39)45-20-6-10-26-54(45)62-55)41-29-32-50-57(36-41)63-56-27-11-8-23-49(56)59(50)48-22-7-4-18-42(48)46-21-12-14-37-15-13-24-51(59)58(37)46/h1-36H. The van der Waals surface area contributed by atoms with Crippen LogP contribution in [0, 0.1) is 0 Å². The SMILES string of the molecule is c1ccc(-n2c3ccccc3c3ccc(N(c4ccc5c(c4)Sc4ccccc4C54c5ccccc5-c5cccc6cccc4c56)c4ccc5sc6ccccc6c5c4)cc32)cc1. The lowest BCUT2D eigenvalue weighted by Gasteiger charge is -2.46. The Morgan fingerprint density at radius 3 is 1.94 bits per heavy atom. The van der Waals surface area contributed by atoms with Crippen molar-refractivity contribution in [3.63, 3.8) is 0 Å². The van der Waals surface area contributed by atoms with E-state index in [1.807, 2.05) is 23.1 Å². The molecule has 4 heteroatoms. The summed E-state index contributed by atoms with van der Waals surface area (Å²) in [4.78, 5) is 5.04. The van der Waals surface area contributed by atoms with Gasteiger partial charge in [-0.3, -0.25) is 0 Å². The minimum absolute atomic E-state index is 0.505. The van der Waals surface area contributed by atoms with Crippen LogP contribution in [0.25, 0.3) is 69.6 Å². The van der Waals surface area contributed by atoms with E-state index in [0.717, 1.165) is 22.7 Å². The molecule has 0 saturated heterocycles. The Morgan fingerprint density at radius 1 is 0.381 bits per heavy atom. The monoisotopic (exact) mass is 836 g/mol. The quantitative estimate of drug-likeness (QED) is 0.174. The van der Waals surface area contributed by atoms with E-state index in [0.29, 0.717) is 0 Å². The molecule has 3 heterocycles. The first-order chi connectivity index (χ1) is 31.2. The Labute approximate surface area is 372 Å². The molecule has 0 radical (unpaired) electrons. The Hall–Kier alpha value is -7.37. The average molecular weight is 837 g/mol. The normalized spacial score (nSPS) is 15.0. The molecule has 0 fully saturated rings. The number of para-hydroxylation sites is 2. The molecule has 14 rings (SSSR count). The number of nitrogens with zero attached hydrogens (tertiary/aromatic N) is 2. The first-order valence-electron chi connectivity index (χ1n) is 21.6. The first-order valence-corrected chi connectivity index (χ1v) is 23.2. The topological polar surface area (TPSA) is 8.17 Å². The molecule has 0 amide bonds. The summed E-state index contributed by atoms with van der Waals surface area (Å²) in [6.07, 6.45) is 0. The number of benzene rings is 10. The van der Waals surface area contributed by atoms with Crippen molar-refractivity contribution in [1.29, 1.82) is 0 Å². The Bertz CT molecular complexity index is 3850. The zero-order valence-electron chi connectivity index (χ0n) is 34.0. The second-order valence-electron chi connectivity index (χ2n) is 16.8. The Kier molecular flexibility index (Phi) is 7.45. The van der Waals surface area contributed by atoms with Crippen molar-refractivity contribution >= 4 is 92.9 Å². The van der Waals surface area contributed by atoms with Gasteiger partial charge in [0.2, 0.25) is 0 Å². The molecule has 2 nitrogen and oxygen atoms in total. The summed E-state index contributed by atoms with van der Waals surface area (Å²) in [5.74, 6) is 0. The van der Waals surface area contributed by atoms with Crippen LogP contribution in [-0.4, -0.2) is 4.57 Å². The van der Waals surface area contributed by atoms with Crippen molar-refractivity contribution in [2.24, 2.45) is 0 Å². The van der Waals surface area contributed by atoms with Gasteiger partial charge in [-0.1, -0.05) is 157 Å². The highest BCUT2D eigenvalue weighted by molar-refractivity contribution is 7.99. The largest absolute Gasteiger partial charge is 0.310 e. The smallest absolute Gasteiger partial charge is 0.0735 e. The zero-order chi connectivity index (χ0) is 41.2. The van der Waals surface area contributed by atoms with Crippen LogP contribution >= 0.6 is 23.1 Å². The molecule has 1 atom stereocenters. The highest BCUT2D eigenvalue weighted by atomic mass is 32.2. The number of anilines is 3. The maximum Gasteiger partial charge on any atom is 0.0735 e. The van der Waals surface area contributed by atoms with Gasteiger partial charge in [0.05, 0.1) is 16.4 Å². The fourth-order valence-corrected chi connectivity index (χ4v) is 13.4. The number of thiophene rings is 1. The third-order valence-electron chi connectivity index (χ3n) is 13.6. The molecule has 2 aromatic heterocycles. The molecule has 1 aliphatic heterocycles. The van der Waals surface area contributed by atoms with Crippen LogP contribution in [0.15, 0.2) is 228 Å². The number of fused-ring (bicyclic) bond motifs is 14. The molecule has 1 unspecified atom stereocenters. The Balaban J connectivity index is 1.05. The highest BCUT2D eigenvalue weighted by Gasteiger charge is 2.48. The van der Waals surface area contributed by atoms with Crippen molar-refractivity contribution in [1.82, 2.24) is 4.57 Å². The van der Waals surface area contributed by atoms with Gasteiger partial charge in [0.15, 0.2) is 0 Å². The molecule has 0 N–H and O–H groups in total. The fraction of sp³-hybridized carbons (Fsp3) is 0.0169. The average Bonchev–Trinajstić information content (AvgIpc) is 3.88. The lowest BCUT2D eigenvalue weighted by Crippen LogP contribution is -2.36. The fourth-order valence-electron chi connectivity index (χ4n) is 11.1. The summed E-state index contributed by atoms with van der Waals surface area (Å²) in [6.45, 7) is 0. The van der Waals surface area contributed by atoms with Crippen molar-refractivity contribution in [3.05, 3.63) is 241 Å². The van der Waals surface area contributed by atoms with Gasteiger partial charge in [0.25, 0.3) is 0 Å². The van der Waals surface area contributed by atoms with E-state index in [1.165, 1.54) is 95.9 Å². The zero-order valence-corrected chi connectivity index (χ0v) is 35.6. The van der Waals surface area contributed by atoms with E-state index in [2.05, 4.69) is 228 Å². The van der Waals surface area contributed by atoms with E-state index < -0.39 is 5.41 Å². The van der Waals surface area contributed by atoms with Crippen LogP contribution in [0.4, 0.5) is 17.1 Å². The van der Waals surface area contributed by atoms with Crippen molar-refractivity contribution in [2.45, 2.75) is 15.2 Å². The molecule has 2 aliphatic rings. The lowest BCUT2D eigenvalue weighted by atomic mass is 9.59. The van der Waals surface area contributed by atoms with Gasteiger partial charge in [-0.2, -0.15) is 0 Å². The summed E-state index contributed by atoms with van der Waals surface area (Å²) in [5.41, 5.74) is 14.4. The summed E-state index contributed by atoms with van der Waals surface area (Å²) in [5, 5.41) is 7.68. The summed E-state index contributed by atoms with van der Waals surface area (Å²) < 4.78 is 5.03. The highest BCUT2D eigenvalue weighted by Crippen LogP contribution is 2.62. The second kappa shape index (κ2) is 13.3. The van der Waals surface area contributed by atoms with Gasteiger partial charge in [-0.25, -0.2) is 0 Å².